The number of nitrogens with two attached hydrogens (primary N) is 1. The third-order valence-corrected chi connectivity index (χ3v) is 9.21. The summed E-state index contributed by atoms with van der Waals surface area (Å²) in [4.78, 5) is 32.5. The van der Waals surface area contributed by atoms with Crippen LogP contribution in [0, 0.1) is 11.7 Å². The van der Waals surface area contributed by atoms with Gasteiger partial charge in [-0.3, -0.25) is 24.6 Å². The van der Waals surface area contributed by atoms with Gasteiger partial charge in [-0.1, -0.05) is 6.92 Å². The van der Waals surface area contributed by atoms with Crippen LogP contribution in [0.1, 0.15) is 31.7 Å². The highest BCUT2D eigenvalue weighted by atomic mass is 19.1. The van der Waals surface area contributed by atoms with Gasteiger partial charge in [0.25, 0.3) is 0 Å². The van der Waals surface area contributed by atoms with Gasteiger partial charge in [0.2, 0.25) is 5.91 Å². The van der Waals surface area contributed by atoms with Crippen LogP contribution in [0.4, 0.5) is 32.1 Å². The quantitative estimate of drug-likeness (QED) is 0.402. The number of anilines is 4. The molecule has 6 rings (SSSR count). The maximum absolute atomic E-state index is 15.5. The van der Waals surface area contributed by atoms with E-state index in [0.717, 1.165) is 76.3 Å². The van der Waals surface area contributed by atoms with E-state index in [9.17, 15) is 9.59 Å². The van der Waals surface area contributed by atoms with Crippen molar-refractivity contribution in [3.05, 3.63) is 35.6 Å². The number of rotatable bonds is 7. The van der Waals surface area contributed by atoms with E-state index in [1.165, 1.54) is 22.2 Å². The lowest BCUT2D eigenvalue weighted by molar-refractivity contribution is -0.120. The highest BCUT2D eigenvalue weighted by molar-refractivity contribution is 6.09. The first-order valence-electron chi connectivity index (χ1n) is 15.2. The monoisotopic (exact) mass is 592 g/mol. The summed E-state index contributed by atoms with van der Waals surface area (Å²) in [6, 6.07) is 6.90. The molecule has 12 heteroatoms. The second-order valence-corrected chi connectivity index (χ2v) is 11.8. The molecule has 2 aromatic carbocycles. The van der Waals surface area contributed by atoms with Crippen molar-refractivity contribution in [2.75, 3.05) is 79.9 Å². The van der Waals surface area contributed by atoms with Crippen molar-refractivity contribution in [2.24, 2.45) is 13.0 Å². The van der Waals surface area contributed by atoms with Crippen LogP contribution in [0.2, 0.25) is 0 Å². The molecule has 1 aromatic heterocycles. The molecule has 0 bridgehead atoms. The summed E-state index contributed by atoms with van der Waals surface area (Å²) >= 11 is 0. The fraction of sp³-hybridized carbons (Fsp3) is 0.516. The average molecular weight is 593 g/mol. The summed E-state index contributed by atoms with van der Waals surface area (Å²) in [5, 5.41) is 7.37. The second kappa shape index (κ2) is 11.9. The van der Waals surface area contributed by atoms with Crippen molar-refractivity contribution in [1.82, 2.24) is 20.0 Å². The van der Waals surface area contributed by atoms with Crippen molar-refractivity contribution >= 4 is 45.7 Å². The molecule has 0 aliphatic carbocycles. The Bertz CT molecular complexity index is 1530. The number of aryl methyl sites for hydroxylation is 2. The number of nitrogens with zero attached hydrogens (tertiary/aromatic N) is 6. The Hall–Kier alpha value is -4.06. The molecule has 3 aliphatic rings. The maximum atomic E-state index is 15.5. The third kappa shape index (κ3) is 5.67. The van der Waals surface area contributed by atoms with Crippen LogP contribution in [0.5, 0.6) is 5.75 Å². The Morgan fingerprint density at radius 1 is 1.00 bits per heavy atom. The molecule has 230 valence electrons. The Kier molecular flexibility index (Phi) is 8.04. The SMILES string of the molecule is CCc1cc(N)c(OC)cc1N1CCC(CN2CCN(c3cc4c(cc3F)c(N3CCC(=O)NC3=O)nn4C)CC2)CC1. The van der Waals surface area contributed by atoms with Crippen molar-refractivity contribution in [2.45, 2.75) is 32.6 Å². The summed E-state index contributed by atoms with van der Waals surface area (Å²) in [6.45, 7) is 8.71. The zero-order chi connectivity index (χ0) is 30.2. The molecular formula is C31H41FN8O3. The molecule has 3 amide bonds. The first kappa shape index (κ1) is 29.0. The Morgan fingerprint density at radius 3 is 2.40 bits per heavy atom. The number of nitrogens with one attached hydrogen (secondary N) is 1. The Labute approximate surface area is 251 Å². The highest BCUT2D eigenvalue weighted by Gasteiger charge is 2.30. The summed E-state index contributed by atoms with van der Waals surface area (Å²) in [5.74, 6) is 1.09. The number of methoxy groups -OCH3 is 1. The summed E-state index contributed by atoms with van der Waals surface area (Å²) < 4.78 is 22.7. The zero-order valence-electron chi connectivity index (χ0n) is 25.2. The minimum atomic E-state index is -0.529. The smallest absolute Gasteiger partial charge is 0.329 e. The molecule has 3 saturated heterocycles. The van der Waals surface area contributed by atoms with Gasteiger partial charge < -0.3 is 20.3 Å². The van der Waals surface area contributed by atoms with Crippen LogP contribution in [-0.4, -0.2) is 86.1 Å². The number of ether oxygens (including phenoxy) is 1. The largest absolute Gasteiger partial charge is 0.495 e. The topological polar surface area (TPSA) is 112 Å². The van der Waals surface area contributed by atoms with E-state index in [4.69, 9.17) is 10.5 Å². The van der Waals surface area contributed by atoms with E-state index in [0.29, 0.717) is 28.5 Å². The number of amides is 3. The standard InChI is InChI=1S/C31H41FN8O3/c1-4-21-15-24(33)28(43-3)18-25(21)38-8-5-20(6-9-38)19-37-11-13-39(14-12-37)27-17-26-22(16-23(27)32)30(35-36(26)2)40-10-7-29(41)34-31(40)42/h15-18,20H,4-14,19,33H2,1-3H3,(H,34,41,42). The van der Waals surface area contributed by atoms with Gasteiger partial charge in [0.15, 0.2) is 5.82 Å². The number of fused-ring (bicyclic) bond motifs is 1. The number of imide groups is 1. The number of urea groups is 1. The number of piperazine rings is 1. The molecule has 3 fully saturated rings. The number of piperidine rings is 1. The van der Waals surface area contributed by atoms with Crippen LogP contribution >= 0.6 is 0 Å². The van der Waals surface area contributed by atoms with Crippen molar-refractivity contribution in [1.29, 1.82) is 0 Å². The van der Waals surface area contributed by atoms with Crippen LogP contribution in [0.15, 0.2) is 24.3 Å². The Balaban J connectivity index is 1.06. The van der Waals surface area contributed by atoms with Gasteiger partial charge in [-0.25, -0.2) is 9.18 Å². The molecule has 0 spiro atoms. The van der Waals surface area contributed by atoms with Crippen molar-refractivity contribution in [3.8, 4) is 5.75 Å². The number of benzene rings is 2. The van der Waals surface area contributed by atoms with Gasteiger partial charge in [0.05, 0.1) is 24.0 Å². The van der Waals surface area contributed by atoms with E-state index in [2.05, 4.69) is 38.1 Å². The van der Waals surface area contributed by atoms with Gasteiger partial charge in [0.1, 0.15) is 11.6 Å². The maximum Gasteiger partial charge on any atom is 0.329 e. The van der Waals surface area contributed by atoms with E-state index < -0.39 is 6.03 Å². The van der Waals surface area contributed by atoms with E-state index in [1.54, 1.807) is 18.8 Å². The molecule has 0 atom stereocenters. The number of aromatic nitrogens is 2. The predicted molar refractivity (Wildman–Crippen MR) is 167 cm³/mol. The number of halogens is 1. The van der Waals surface area contributed by atoms with Crippen molar-refractivity contribution < 1.29 is 18.7 Å². The Morgan fingerprint density at radius 2 is 1.72 bits per heavy atom. The lowest BCUT2D eigenvalue weighted by atomic mass is 9.94. The van der Waals surface area contributed by atoms with Gasteiger partial charge in [0, 0.05) is 83.0 Å². The summed E-state index contributed by atoms with van der Waals surface area (Å²) in [6.07, 6.45) is 3.38. The van der Waals surface area contributed by atoms with Crippen LogP contribution < -0.4 is 30.5 Å². The lowest BCUT2D eigenvalue weighted by Crippen LogP contribution is -2.49. The molecule has 43 heavy (non-hydrogen) atoms. The average Bonchev–Trinajstić information content (AvgIpc) is 3.31. The number of carbonyl (C=O) groups is 2. The number of hydrogen-bond donors (Lipinski definition) is 2. The number of carbonyl (C=O) groups excluding carboxylic acids is 2. The molecule has 0 unspecified atom stereocenters. The minimum Gasteiger partial charge on any atom is -0.495 e. The third-order valence-electron chi connectivity index (χ3n) is 9.21. The molecule has 0 radical (unpaired) electrons. The van der Waals surface area contributed by atoms with Crippen LogP contribution in [0.3, 0.4) is 0 Å². The zero-order valence-corrected chi connectivity index (χ0v) is 25.2. The molecule has 3 aliphatic heterocycles. The predicted octanol–water partition coefficient (Wildman–Crippen LogP) is 3.35. The summed E-state index contributed by atoms with van der Waals surface area (Å²) in [7, 11) is 3.45. The first-order valence-corrected chi connectivity index (χ1v) is 15.2. The van der Waals surface area contributed by atoms with E-state index in [1.807, 2.05) is 12.1 Å². The molecule has 0 saturated carbocycles. The van der Waals surface area contributed by atoms with E-state index >= 15 is 4.39 Å². The minimum absolute atomic E-state index is 0.186. The fourth-order valence-corrected chi connectivity index (χ4v) is 6.74. The van der Waals surface area contributed by atoms with Crippen LogP contribution in [0.25, 0.3) is 10.9 Å². The van der Waals surface area contributed by atoms with Gasteiger partial charge in [-0.2, -0.15) is 5.10 Å². The first-order chi connectivity index (χ1) is 20.7. The second-order valence-electron chi connectivity index (χ2n) is 11.8. The highest BCUT2D eigenvalue weighted by Crippen LogP contribution is 2.35. The normalized spacial score (nSPS) is 18.9. The molecule has 4 heterocycles. The molecule has 3 N–H and O–H groups in total. The van der Waals surface area contributed by atoms with Gasteiger partial charge in [-0.15, -0.1) is 0 Å². The molecule has 11 nitrogen and oxygen atoms in total. The number of nitrogen functional groups attached to an aromatic ring is 1. The van der Waals surface area contributed by atoms with Gasteiger partial charge in [-0.05, 0) is 48.9 Å². The lowest BCUT2D eigenvalue weighted by Gasteiger charge is -2.40. The molecule has 3 aromatic rings. The molecular weight excluding hydrogens is 551 g/mol. The van der Waals surface area contributed by atoms with Crippen molar-refractivity contribution in [3.63, 3.8) is 0 Å². The van der Waals surface area contributed by atoms with Gasteiger partial charge >= 0.3 is 6.03 Å². The van der Waals surface area contributed by atoms with Crippen LogP contribution in [-0.2, 0) is 18.3 Å². The van der Waals surface area contributed by atoms with E-state index in [-0.39, 0.29) is 24.7 Å². The fourth-order valence-electron chi connectivity index (χ4n) is 6.74. The summed E-state index contributed by atoms with van der Waals surface area (Å²) in [5.41, 5.74) is 10.6. The number of hydrogen-bond acceptors (Lipinski definition) is 8.